The highest BCUT2D eigenvalue weighted by Gasteiger charge is 2.22. The minimum Gasteiger partial charge on any atom is -0.426 e. The maximum Gasteiger partial charge on any atom is 0.294 e. The Morgan fingerprint density at radius 3 is 2.58 bits per heavy atom. The number of rotatable bonds is 5. The molecular formula is C15H17NO2S. The molecule has 1 N–H and O–H groups in total. The summed E-state index contributed by atoms with van der Waals surface area (Å²) in [6, 6.07) is 8.17. The predicted molar refractivity (Wildman–Crippen MR) is 79.5 cm³/mol. The van der Waals surface area contributed by atoms with Crippen molar-refractivity contribution in [1.82, 2.24) is 5.32 Å². The number of nitrogens with one attached hydrogen (secondary N) is 1. The van der Waals surface area contributed by atoms with Crippen molar-refractivity contribution in [2.24, 2.45) is 0 Å². The molecule has 1 aromatic rings. The summed E-state index contributed by atoms with van der Waals surface area (Å²) < 4.78 is 5.12. The Labute approximate surface area is 118 Å². The lowest BCUT2D eigenvalue weighted by molar-refractivity contribution is -0.116. The van der Waals surface area contributed by atoms with Crippen LogP contribution in [0.3, 0.4) is 0 Å². The van der Waals surface area contributed by atoms with Crippen molar-refractivity contribution in [2.75, 3.05) is 0 Å². The molecular weight excluding hydrogens is 258 g/mol. The second-order valence-corrected chi connectivity index (χ2v) is 4.92. The third-order valence-corrected chi connectivity index (χ3v) is 3.17. The van der Waals surface area contributed by atoms with Crippen LogP contribution < -0.4 is 5.32 Å². The highest BCUT2D eigenvalue weighted by molar-refractivity contribution is 7.80. The predicted octanol–water partition coefficient (Wildman–Crippen LogP) is 3.19. The van der Waals surface area contributed by atoms with E-state index in [2.05, 4.69) is 24.4 Å². The summed E-state index contributed by atoms with van der Waals surface area (Å²) in [7, 11) is 0. The smallest absolute Gasteiger partial charge is 0.294 e. The van der Waals surface area contributed by atoms with Crippen LogP contribution in [-0.4, -0.2) is 11.1 Å². The number of carbonyl (C=O) groups excluding carboxylic acids is 1. The molecule has 0 aliphatic carbocycles. The summed E-state index contributed by atoms with van der Waals surface area (Å²) >= 11 is 4.77. The number of hydrogen-bond donors (Lipinski definition) is 1. The lowest BCUT2D eigenvalue weighted by atomic mass is 10.1. The SMILES string of the molecule is CCCCCc1ccc(/C=C2\OC(=S)NC2=O)cc1. The van der Waals surface area contributed by atoms with Gasteiger partial charge in [-0.1, -0.05) is 44.0 Å². The summed E-state index contributed by atoms with van der Waals surface area (Å²) in [5.41, 5.74) is 2.26. The van der Waals surface area contributed by atoms with Crippen molar-refractivity contribution in [3.8, 4) is 0 Å². The van der Waals surface area contributed by atoms with Crippen molar-refractivity contribution >= 4 is 29.4 Å². The maximum absolute atomic E-state index is 11.4. The summed E-state index contributed by atoms with van der Waals surface area (Å²) in [4.78, 5) is 11.4. The van der Waals surface area contributed by atoms with Gasteiger partial charge in [-0.15, -0.1) is 0 Å². The number of thiocarbonyl (C=S) groups is 1. The number of ether oxygens (including phenoxy) is 1. The minimum atomic E-state index is -0.281. The van der Waals surface area contributed by atoms with Crippen LogP contribution in [0.4, 0.5) is 0 Å². The Balaban J connectivity index is 2.00. The number of benzene rings is 1. The van der Waals surface area contributed by atoms with Gasteiger partial charge in [0, 0.05) is 0 Å². The fourth-order valence-electron chi connectivity index (χ4n) is 1.93. The summed E-state index contributed by atoms with van der Waals surface area (Å²) in [6.07, 6.45) is 6.51. The quantitative estimate of drug-likeness (QED) is 0.509. The van der Waals surface area contributed by atoms with Gasteiger partial charge in [-0.3, -0.25) is 10.1 Å². The summed E-state index contributed by atoms with van der Waals surface area (Å²) in [5, 5.41) is 2.55. The van der Waals surface area contributed by atoms with Gasteiger partial charge in [0.15, 0.2) is 5.76 Å². The normalized spacial score (nSPS) is 16.6. The monoisotopic (exact) mass is 275 g/mol. The van der Waals surface area contributed by atoms with E-state index in [1.54, 1.807) is 6.08 Å². The molecule has 1 fully saturated rings. The second-order valence-electron chi connectivity index (χ2n) is 4.55. The molecule has 1 saturated heterocycles. The molecule has 2 rings (SSSR count). The number of unbranched alkanes of at least 4 members (excludes halogenated alkanes) is 2. The largest absolute Gasteiger partial charge is 0.426 e. The zero-order chi connectivity index (χ0) is 13.7. The molecule has 1 amide bonds. The standard InChI is InChI=1S/C15H17NO2S/c1-2-3-4-5-11-6-8-12(9-7-11)10-13-14(17)16-15(19)18-13/h6-10H,2-5H2,1H3,(H,16,17,19)/b13-10-. The molecule has 0 radical (unpaired) electrons. The lowest BCUT2D eigenvalue weighted by Gasteiger charge is -2.01. The summed E-state index contributed by atoms with van der Waals surface area (Å²) in [5.74, 6) is -0.0271. The minimum absolute atomic E-state index is 0.118. The fourth-order valence-corrected chi connectivity index (χ4v) is 2.11. The first kappa shape index (κ1) is 13.7. The zero-order valence-corrected chi connectivity index (χ0v) is 11.8. The van der Waals surface area contributed by atoms with Crippen molar-refractivity contribution in [1.29, 1.82) is 0 Å². The number of carbonyl (C=O) groups is 1. The van der Waals surface area contributed by atoms with Crippen LogP contribution in [0.1, 0.15) is 37.3 Å². The van der Waals surface area contributed by atoms with Crippen molar-refractivity contribution in [3.63, 3.8) is 0 Å². The Morgan fingerprint density at radius 2 is 2.00 bits per heavy atom. The van der Waals surface area contributed by atoms with Crippen LogP contribution in [0.5, 0.6) is 0 Å². The molecule has 1 aliphatic heterocycles. The van der Waals surface area contributed by atoms with Gasteiger partial charge in [0.1, 0.15) is 0 Å². The molecule has 1 aromatic carbocycles. The fraction of sp³-hybridized carbons (Fsp3) is 0.333. The first-order valence-corrected chi connectivity index (χ1v) is 6.93. The highest BCUT2D eigenvalue weighted by atomic mass is 32.1. The Hall–Kier alpha value is -1.68. The third-order valence-electron chi connectivity index (χ3n) is 2.99. The average molecular weight is 275 g/mol. The Kier molecular flexibility index (Phi) is 4.68. The van der Waals surface area contributed by atoms with Gasteiger partial charge in [-0.2, -0.15) is 0 Å². The molecule has 0 saturated carbocycles. The molecule has 0 atom stereocenters. The van der Waals surface area contributed by atoms with E-state index in [0.717, 1.165) is 12.0 Å². The van der Waals surface area contributed by atoms with Crippen molar-refractivity contribution < 1.29 is 9.53 Å². The second kappa shape index (κ2) is 6.48. The van der Waals surface area contributed by atoms with E-state index in [9.17, 15) is 4.79 Å². The van der Waals surface area contributed by atoms with Crippen LogP contribution >= 0.6 is 12.2 Å². The van der Waals surface area contributed by atoms with Gasteiger partial charge >= 0.3 is 0 Å². The van der Waals surface area contributed by atoms with Gasteiger partial charge in [0.25, 0.3) is 11.1 Å². The van der Waals surface area contributed by atoms with Crippen LogP contribution in [0.25, 0.3) is 6.08 Å². The van der Waals surface area contributed by atoms with Gasteiger partial charge in [-0.05, 0) is 42.3 Å². The van der Waals surface area contributed by atoms with Crippen molar-refractivity contribution in [2.45, 2.75) is 32.6 Å². The van der Waals surface area contributed by atoms with E-state index >= 15 is 0 Å². The van der Waals surface area contributed by atoms with Crippen LogP contribution in [0.2, 0.25) is 0 Å². The van der Waals surface area contributed by atoms with E-state index in [1.807, 2.05) is 12.1 Å². The van der Waals surface area contributed by atoms with E-state index in [1.165, 1.54) is 24.8 Å². The first-order chi connectivity index (χ1) is 9.19. The van der Waals surface area contributed by atoms with Gasteiger partial charge in [0.2, 0.25) is 0 Å². The number of hydrogen-bond acceptors (Lipinski definition) is 3. The highest BCUT2D eigenvalue weighted by Crippen LogP contribution is 2.14. The van der Waals surface area contributed by atoms with Crippen LogP contribution in [0.15, 0.2) is 30.0 Å². The third kappa shape index (κ3) is 3.89. The molecule has 4 heteroatoms. The van der Waals surface area contributed by atoms with Crippen LogP contribution in [-0.2, 0) is 16.0 Å². The van der Waals surface area contributed by atoms with Crippen molar-refractivity contribution in [3.05, 3.63) is 41.2 Å². The number of amides is 1. The topological polar surface area (TPSA) is 38.3 Å². The maximum atomic E-state index is 11.4. The van der Waals surface area contributed by atoms with E-state index in [0.29, 0.717) is 0 Å². The molecule has 19 heavy (non-hydrogen) atoms. The lowest BCUT2D eigenvalue weighted by Crippen LogP contribution is -2.18. The molecule has 3 nitrogen and oxygen atoms in total. The van der Waals surface area contributed by atoms with Gasteiger partial charge < -0.3 is 4.74 Å². The average Bonchev–Trinajstić information content (AvgIpc) is 2.70. The molecule has 100 valence electrons. The molecule has 0 unspecified atom stereocenters. The molecule has 0 aromatic heterocycles. The van der Waals surface area contributed by atoms with E-state index in [4.69, 9.17) is 17.0 Å². The number of aryl methyl sites for hydroxylation is 1. The van der Waals surface area contributed by atoms with E-state index in [-0.39, 0.29) is 16.8 Å². The zero-order valence-electron chi connectivity index (χ0n) is 10.9. The Bertz CT molecular complexity index is 505. The molecule has 0 bridgehead atoms. The molecule has 1 heterocycles. The van der Waals surface area contributed by atoms with E-state index < -0.39 is 0 Å². The molecule has 1 aliphatic rings. The first-order valence-electron chi connectivity index (χ1n) is 6.53. The van der Waals surface area contributed by atoms with Crippen LogP contribution in [0, 0.1) is 0 Å². The van der Waals surface area contributed by atoms with Gasteiger partial charge in [-0.25, -0.2) is 0 Å². The Morgan fingerprint density at radius 1 is 1.26 bits per heavy atom. The molecule has 0 spiro atoms. The van der Waals surface area contributed by atoms with Gasteiger partial charge in [0.05, 0.1) is 0 Å². The summed E-state index contributed by atoms with van der Waals surface area (Å²) in [6.45, 7) is 2.20.